The second-order valence-corrected chi connectivity index (χ2v) is 5.24. The van der Waals surface area contributed by atoms with E-state index in [0.717, 1.165) is 4.68 Å². The van der Waals surface area contributed by atoms with Gasteiger partial charge in [0, 0.05) is 17.7 Å². The number of aromatic nitrogens is 2. The summed E-state index contributed by atoms with van der Waals surface area (Å²) in [4.78, 5) is 24.3. The smallest absolute Gasteiger partial charge is 0.331 e. The molecule has 0 N–H and O–H groups in total. The van der Waals surface area contributed by atoms with Crippen LogP contribution >= 0.6 is 0 Å². The first kappa shape index (κ1) is 18.5. The van der Waals surface area contributed by atoms with Gasteiger partial charge in [-0.25, -0.2) is 9.48 Å². The summed E-state index contributed by atoms with van der Waals surface area (Å²) < 4.78 is 16.8. The first-order valence-electron chi connectivity index (χ1n) is 8.04. The van der Waals surface area contributed by atoms with Gasteiger partial charge >= 0.3 is 5.97 Å². The fourth-order valence-electron chi connectivity index (χ4n) is 2.48. The molecule has 134 valence electrons. The van der Waals surface area contributed by atoms with Gasteiger partial charge in [0.25, 0.3) is 5.56 Å². The van der Waals surface area contributed by atoms with Crippen molar-refractivity contribution in [2.24, 2.45) is 0 Å². The van der Waals surface area contributed by atoms with Crippen LogP contribution in [-0.2, 0) is 9.53 Å². The molecule has 0 radical (unpaired) electrons. The van der Waals surface area contributed by atoms with Crippen LogP contribution in [0, 0.1) is 0 Å². The van der Waals surface area contributed by atoms with Crippen LogP contribution in [0.1, 0.15) is 26.3 Å². The van der Waals surface area contributed by atoms with Crippen molar-refractivity contribution in [1.82, 2.24) is 9.78 Å². The highest BCUT2D eigenvalue weighted by Gasteiger charge is 2.23. The molecule has 1 atom stereocenters. The average Bonchev–Trinajstić information content (AvgIpc) is 2.63. The Balaban J connectivity index is 2.52. The number of carbonyl (C=O) groups excluding carboxylic acids is 1. The van der Waals surface area contributed by atoms with Gasteiger partial charge in [0.2, 0.25) is 0 Å². The molecule has 1 aromatic carbocycles. The molecular weight excluding hydrogens is 324 g/mol. The van der Waals surface area contributed by atoms with Gasteiger partial charge in [-0.15, -0.1) is 0 Å². The lowest BCUT2D eigenvalue weighted by atomic mass is 10.1. The number of esters is 1. The highest BCUT2D eigenvalue weighted by atomic mass is 16.5. The van der Waals surface area contributed by atoms with Crippen molar-refractivity contribution in [1.29, 1.82) is 0 Å². The molecule has 0 aliphatic heterocycles. The zero-order chi connectivity index (χ0) is 18.4. The van der Waals surface area contributed by atoms with Crippen LogP contribution in [0.25, 0.3) is 11.3 Å². The van der Waals surface area contributed by atoms with Crippen molar-refractivity contribution >= 4 is 5.97 Å². The second kappa shape index (κ2) is 8.32. The Bertz CT molecular complexity index is 800. The Morgan fingerprint density at radius 1 is 1.16 bits per heavy atom. The first-order chi connectivity index (χ1) is 12.0. The summed E-state index contributed by atoms with van der Waals surface area (Å²) in [6.07, 6.45) is 0.398. The van der Waals surface area contributed by atoms with Crippen LogP contribution in [0.5, 0.6) is 11.5 Å². The summed E-state index contributed by atoms with van der Waals surface area (Å²) in [7, 11) is 3.11. The average molecular weight is 346 g/mol. The lowest BCUT2D eigenvalue weighted by molar-refractivity contribution is -0.147. The Hall–Kier alpha value is -2.83. The molecule has 1 aromatic heterocycles. The van der Waals surface area contributed by atoms with Gasteiger partial charge in [-0.2, -0.15) is 5.10 Å². The van der Waals surface area contributed by atoms with E-state index < -0.39 is 12.0 Å². The summed E-state index contributed by atoms with van der Waals surface area (Å²) in [5, 5.41) is 4.36. The minimum atomic E-state index is -0.767. The number of ether oxygens (including phenoxy) is 3. The normalized spacial score (nSPS) is 11.7. The van der Waals surface area contributed by atoms with Gasteiger partial charge in [0.15, 0.2) is 6.04 Å². The number of methoxy groups -OCH3 is 2. The predicted molar refractivity (Wildman–Crippen MR) is 93.0 cm³/mol. The van der Waals surface area contributed by atoms with Gasteiger partial charge in [0.1, 0.15) is 11.5 Å². The van der Waals surface area contributed by atoms with Crippen molar-refractivity contribution < 1.29 is 19.0 Å². The van der Waals surface area contributed by atoms with Crippen LogP contribution in [0.2, 0.25) is 0 Å². The Morgan fingerprint density at radius 2 is 1.92 bits per heavy atom. The molecule has 0 amide bonds. The molecule has 2 rings (SSSR count). The molecular formula is C18H22N2O5. The van der Waals surface area contributed by atoms with Crippen LogP contribution < -0.4 is 15.0 Å². The fourth-order valence-corrected chi connectivity index (χ4v) is 2.48. The summed E-state index contributed by atoms with van der Waals surface area (Å²) in [6.45, 7) is 3.77. The lowest BCUT2D eigenvalue weighted by Gasteiger charge is -2.17. The lowest BCUT2D eigenvalue weighted by Crippen LogP contribution is -2.32. The topological polar surface area (TPSA) is 79.7 Å². The molecule has 1 heterocycles. The largest absolute Gasteiger partial charge is 0.497 e. The molecule has 7 heteroatoms. The second-order valence-electron chi connectivity index (χ2n) is 5.24. The van der Waals surface area contributed by atoms with E-state index in [9.17, 15) is 9.59 Å². The minimum Gasteiger partial charge on any atom is -0.497 e. The van der Waals surface area contributed by atoms with E-state index in [4.69, 9.17) is 14.2 Å². The van der Waals surface area contributed by atoms with Crippen molar-refractivity contribution in [2.45, 2.75) is 26.3 Å². The highest BCUT2D eigenvalue weighted by Crippen LogP contribution is 2.31. The monoisotopic (exact) mass is 346 g/mol. The molecule has 0 fully saturated rings. The zero-order valence-electron chi connectivity index (χ0n) is 14.8. The van der Waals surface area contributed by atoms with Gasteiger partial charge in [-0.1, -0.05) is 6.92 Å². The predicted octanol–water partition coefficient (Wildman–Crippen LogP) is 2.44. The van der Waals surface area contributed by atoms with Crippen LogP contribution in [-0.4, -0.2) is 36.6 Å². The third kappa shape index (κ3) is 3.99. The van der Waals surface area contributed by atoms with Crippen molar-refractivity contribution in [2.75, 3.05) is 20.8 Å². The van der Waals surface area contributed by atoms with E-state index in [1.807, 2.05) is 0 Å². The van der Waals surface area contributed by atoms with Crippen molar-refractivity contribution in [3.05, 3.63) is 40.7 Å². The quantitative estimate of drug-likeness (QED) is 0.717. The first-order valence-corrected chi connectivity index (χ1v) is 8.04. The molecule has 0 aliphatic carbocycles. The molecule has 0 saturated heterocycles. The Labute approximate surface area is 146 Å². The number of hydrogen-bond donors (Lipinski definition) is 0. The maximum absolute atomic E-state index is 12.2. The van der Waals surface area contributed by atoms with Crippen LogP contribution in [0.3, 0.4) is 0 Å². The summed E-state index contributed by atoms with van der Waals surface area (Å²) in [5.41, 5.74) is 0.841. The highest BCUT2D eigenvalue weighted by molar-refractivity contribution is 5.74. The van der Waals surface area contributed by atoms with Gasteiger partial charge in [-0.05, 0) is 31.5 Å². The summed E-state index contributed by atoms with van der Waals surface area (Å²) in [6, 6.07) is 7.51. The molecule has 25 heavy (non-hydrogen) atoms. The molecule has 0 bridgehead atoms. The Morgan fingerprint density at radius 3 is 2.52 bits per heavy atom. The summed E-state index contributed by atoms with van der Waals surface area (Å²) >= 11 is 0. The van der Waals surface area contributed by atoms with E-state index in [2.05, 4.69) is 5.10 Å². The molecule has 0 spiro atoms. The van der Waals surface area contributed by atoms with Crippen molar-refractivity contribution in [3.8, 4) is 22.8 Å². The maximum atomic E-state index is 12.2. The van der Waals surface area contributed by atoms with Gasteiger partial charge in [0.05, 0.1) is 26.5 Å². The number of benzene rings is 1. The third-order valence-corrected chi connectivity index (χ3v) is 3.75. The van der Waals surface area contributed by atoms with Crippen molar-refractivity contribution in [3.63, 3.8) is 0 Å². The van der Waals surface area contributed by atoms with E-state index in [-0.39, 0.29) is 12.2 Å². The minimum absolute atomic E-state index is 0.246. The molecule has 0 aliphatic rings. The van der Waals surface area contributed by atoms with Crippen LogP contribution in [0.15, 0.2) is 35.1 Å². The van der Waals surface area contributed by atoms with E-state index >= 15 is 0 Å². The third-order valence-electron chi connectivity index (χ3n) is 3.75. The molecule has 2 aromatic rings. The van der Waals surface area contributed by atoms with E-state index in [1.54, 1.807) is 52.3 Å². The molecule has 7 nitrogen and oxygen atoms in total. The maximum Gasteiger partial charge on any atom is 0.331 e. The van der Waals surface area contributed by atoms with E-state index in [1.165, 1.54) is 6.07 Å². The number of nitrogens with zero attached hydrogens (tertiary/aromatic N) is 2. The molecule has 0 saturated carbocycles. The summed E-state index contributed by atoms with van der Waals surface area (Å²) in [5.74, 6) is 0.728. The van der Waals surface area contributed by atoms with Gasteiger partial charge < -0.3 is 14.2 Å². The number of rotatable bonds is 7. The number of hydrogen-bond acceptors (Lipinski definition) is 6. The van der Waals surface area contributed by atoms with Crippen LogP contribution in [0.4, 0.5) is 0 Å². The number of carbonyl (C=O) groups is 1. The fraction of sp³-hybridized carbons (Fsp3) is 0.389. The zero-order valence-corrected chi connectivity index (χ0v) is 14.8. The SMILES string of the molecule is CCOC(=O)[C@@H](CC)n1nc(-c2ccc(OC)cc2OC)ccc1=O. The Kier molecular flexibility index (Phi) is 6.16. The standard InChI is InChI=1S/C18H22N2O5/c1-5-15(18(22)25-6-2)20-17(21)10-9-14(19-20)13-8-7-12(23-3)11-16(13)24-4/h7-11,15H,5-6H2,1-4H3/t15-/m1/s1. The van der Waals surface area contributed by atoms with E-state index in [0.29, 0.717) is 29.2 Å². The van der Waals surface area contributed by atoms with Gasteiger partial charge in [-0.3, -0.25) is 4.79 Å². The molecule has 0 unspecified atom stereocenters.